The third-order valence-electron chi connectivity index (χ3n) is 1.91. The van der Waals surface area contributed by atoms with Crippen molar-refractivity contribution in [3.8, 4) is 0 Å². The van der Waals surface area contributed by atoms with Crippen LogP contribution in [0.5, 0.6) is 0 Å². The molecule has 74 valence electrons. The van der Waals surface area contributed by atoms with E-state index in [0.717, 1.165) is 5.82 Å². The van der Waals surface area contributed by atoms with Crippen molar-refractivity contribution < 1.29 is 9.90 Å². The third kappa shape index (κ3) is 1.24. The van der Waals surface area contributed by atoms with E-state index in [4.69, 9.17) is 5.11 Å². The van der Waals surface area contributed by atoms with Crippen LogP contribution in [0.3, 0.4) is 0 Å². The summed E-state index contributed by atoms with van der Waals surface area (Å²) in [6, 6.07) is 0. The molecule has 0 spiro atoms. The first-order valence-corrected chi connectivity index (χ1v) is 4.26. The Labute approximate surface area is 79.6 Å². The van der Waals surface area contributed by atoms with Crippen molar-refractivity contribution in [3.63, 3.8) is 0 Å². The minimum absolute atomic E-state index is 0.000874. The van der Waals surface area contributed by atoms with Gasteiger partial charge in [-0.3, -0.25) is 5.10 Å². The molecule has 0 amide bonds. The topological polar surface area (TPSA) is 83.3 Å². The van der Waals surface area contributed by atoms with E-state index < -0.39 is 5.97 Å². The summed E-state index contributed by atoms with van der Waals surface area (Å²) in [5.74, 6) is 0.413. The van der Waals surface area contributed by atoms with Crippen LogP contribution in [0.2, 0.25) is 0 Å². The molecule has 0 aliphatic rings. The van der Waals surface area contributed by atoms with Gasteiger partial charge >= 0.3 is 5.97 Å². The predicted octanol–water partition coefficient (Wildman–Crippen LogP) is 0.879. The van der Waals surface area contributed by atoms with E-state index >= 15 is 0 Å². The Bertz CT molecular complexity index is 451. The number of imidazole rings is 1. The summed E-state index contributed by atoms with van der Waals surface area (Å²) in [6.45, 7) is 3.99. The van der Waals surface area contributed by atoms with Crippen molar-refractivity contribution in [1.29, 1.82) is 0 Å². The molecule has 0 saturated carbocycles. The minimum atomic E-state index is -1.05. The Morgan fingerprint density at radius 1 is 1.57 bits per heavy atom. The molecule has 2 N–H and O–H groups in total. The number of carbonyl (C=O) groups is 1. The van der Waals surface area contributed by atoms with Gasteiger partial charge in [0.25, 0.3) is 5.78 Å². The molecule has 0 radical (unpaired) electrons. The lowest BCUT2D eigenvalue weighted by atomic mass is 10.2. The summed E-state index contributed by atoms with van der Waals surface area (Å²) in [4.78, 5) is 18.6. The Balaban J connectivity index is 2.50. The van der Waals surface area contributed by atoms with Gasteiger partial charge in [-0.2, -0.15) is 4.98 Å². The van der Waals surface area contributed by atoms with Gasteiger partial charge in [0.05, 0.1) is 6.20 Å². The molecule has 0 aromatic carbocycles. The maximum absolute atomic E-state index is 10.6. The standard InChI is InChI=1S/C8H10N4O2/c1-4(2)6-10-8-9-5(7(13)14)3-12(8)11-6/h3-4H,1-2H3,(H,13,14)(H,9,10,11). The van der Waals surface area contributed by atoms with Gasteiger partial charge < -0.3 is 5.11 Å². The number of H-pyrrole nitrogens is 1. The number of carboxylic acid groups (broad SMARTS) is 1. The Morgan fingerprint density at radius 2 is 2.29 bits per heavy atom. The van der Waals surface area contributed by atoms with E-state index in [0.29, 0.717) is 5.78 Å². The number of hydrogen-bond acceptors (Lipinski definition) is 3. The van der Waals surface area contributed by atoms with Gasteiger partial charge in [-0.1, -0.05) is 13.8 Å². The van der Waals surface area contributed by atoms with Crippen molar-refractivity contribution in [2.75, 3.05) is 0 Å². The van der Waals surface area contributed by atoms with Gasteiger partial charge in [0.1, 0.15) is 5.82 Å². The molecule has 0 aliphatic carbocycles. The van der Waals surface area contributed by atoms with Crippen molar-refractivity contribution in [2.24, 2.45) is 0 Å². The number of rotatable bonds is 2. The average Bonchev–Trinajstić information content (AvgIpc) is 2.57. The first kappa shape index (κ1) is 8.74. The quantitative estimate of drug-likeness (QED) is 0.743. The lowest BCUT2D eigenvalue weighted by molar-refractivity contribution is 0.0691. The van der Waals surface area contributed by atoms with E-state index in [-0.39, 0.29) is 11.6 Å². The monoisotopic (exact) mass is 194 g/mol. The van der Waals surface area contributed by atoms with E-state index in [1.165, 1.54) is 10.7 Å². The highest BCUT2D eigenvalue weighted by Gasteiger charge is 2.12. The van der Waals surface area contributed by atoms with Crippen LogP contribution in [0, 0.1) is 0 Å². The summed E-state index contributed by atoms with van der Waals surface area (Å²) < 4.78 is 1.51. The highest BCUT2D eigenvalue weighted by Crippen LogP contribution is 2.10. The van der Waals surface area contributed by atoms with Gasteiger partial charge in [0.15, 0.2) is 5.69 Å². The van der Waals surface area contributed by atoms with Crippen molar-refractivity contribution >= 4 is 11.7 Å². The Hall–Kier alpha value is -1.85. The van der Waals surface area contributed by atoms with Gasteiger partial charge in [0.2, 0.25) is 0 Å². The molecule has 6 nitrogen and oxygen atoms in total. The van der Waals surface area contributed by atoms with Crippen LogP contribution in [0.15, 0.2) is 6.20 Å². The summed E-state index contributed by atoms with van der Waals surface area (Å²) in [6.07, 6.45) is 1.41. The van der Waals surface area contributed by atoms with Gasteiger partial charge in [0, 0.05) is 5.92 Å². The number of nitrogens with zero attached hydrogens (tertiary/aromatic N) is 3. The molecule has 0 unspecified atom stereocenters. The first-order chi connectivity index (χ1) is 6.58. The maximum atomic E-state index is 10.6. The number of aromatic carboxylic acids is 1. The third-order valence-corrected chi connectivity index (χ3v) is 1.91. The first-order valence-electron chi connectivity index (χ1n) is 4.26. The van der Waals surface area contributed by atoms with Crippen molar-refractivity contribution in [1.82, 2.24) is 19.6 Å². The molecule has 2 heterocycles. The smallest absolute Gasteiger partial charge is 0.356 e. The van der Waals surface area contributed by atoms with Crippen molar-refractivity contribution in [2.45, 2.75) is 19.8 Å². The minimum Gasteiger partial charge on any atom is -0.476 e. The molecule has 0 aliphatic heterocycles. The van der Waals surface area contributed by atoms with Crippen LogP contribution in [0.25, 0.3) is 5.78 Å². The molecule has 0 atom stereocenters. The number of aromatic nitrogens is 4. The fourth-order valence-corrected chi connectivity index (χ4v) is 1.15. The zero-order valence-electron chi connectivity index (χ0n) is 7.85. The van der Waals surface area contributed by atoms with Gasteiger partial charge in [-0.15, -0.1) is 0 Å². The van der Waals surface area contributed by atoms with Crippen LogP contribution in [-0.2, 0) is 0 Å². The molecule has 0 fully saturated rings. The zero-order chi connectivity index (χ0) is 10.3. The van der Waals surface area contributed by atoms with Crippen LogP contribution < -0.4 is 0 Å². The highest BCUT2D eigenvalue weighted by atomic mass is 16.4. The molecule has 6 heteroatoms. The average molecular weight is 194 g/mol. The number of fused-ring (bicyclic) bond motifs is 1. The Kier molecular flexibility index (Phi) is 1.77. The molecule has 0 saturated heterocycles. The van der Waals surface area contributed by atoms with Crippen LogP contribution >= 0.6 is 0 Å². The zero-order valence-corrected chi connectivity index (χ0v) is 7.85. The summed E-state index contributed by atoms with van der Waals surface area (Å²) in [7, 11) is 0. The second kappa shape index (κ2) is 2.83. The number of hydrogen-bond donors (Lipinski definition) is 2. The molecule has 2 aromatic rings. The Morgan fingerprint density at radius 3 is 2.79 bits per heavy atom. The van der Waals surface area contributed by atoms with Crippen LogP contribution in [0.1, 0.15) is 36.1 Å². The normalized spacial score (nSPS) is 11.4. The maximum Gasteiger partial charge on any atom is 0.356 e. The second-order valence-corrected chi connectivity index (χ2v) is 3.36. The number of carboxylic acids is 1. The molecule has 14 heavy (non-hydrogen) atoms. The molecule has 0 bridgehead atoms. The molecular formula is C8H10N4O2. The largest absolute Gasteiger partial charge is 0.476 e. The number of nitrogens with one attached hydrogen (secondary N) is 1. The SMILES string of the molecule is CC(C)c1nc2nc(C(=O)O)cn2[nH]1. The predicted molar refractivity (Wildman–Crippen MR) is 48.4 cm³/mol. The van der Waals surface area contributed by atoms with Crippen molar-refractivity contribution in [3.05, 3.63) is 17.7 Å². The van der Waals surface area contributed by atoms with E-state index in [9.17, 15) is 4.79 Å². The van der Waals surface area contributed by atoms with Crippen LogP contribution in [-0.4, -0.2) is 30.7 Å². The lowest BCUT2D eigenvalue weighted by Gasteiger charge is -1.95. The van der Waals surface area contributed by atoms with Gasteiger partial charge in [-0.05, 0) is 0 Å². The summed E-state index contributed by atoms with van der Waals surface area (Å²) >= 11 is 0. The fourth-order valence-electron chi connectivity index (χ4n) is 1.15. The summed E-state index contributed by atoms with van der Waals surface area (Å²) in [5, 5.41) is 11.6. The molecule has 2 aromatic heterocycles. The lowest BCUT2D eigenvalue weighted by Crippen LogP contribution is -1.97. The van der Waals surface area contributed by atoms with E-state index in [2.05, 4.69) is 15.1 Å². The van der Waals surface area contributed by atoms with Gasteiger partial charge in [-0.25, -0.2) is 14.3 Å². The van der Waals surface area contributed by atoms with E-state index in [1.807, 2.05) is 13.8 Å². The molecular weight excluding hydrogens is 184 g/mol. The fraction of sp³-hybridized carbons (Fsp3) is 0.375. The summed E-state index contributed by atoms with van der Waals surface area (Å²) in [5.41, 5.74) is -0.000874. The number of aromatic amines is 1. The highest BCUT2D eigenvalue weighted by molar-refractivity contribution is 5.85. The van der Waals surface area contributed by atoms with E-state index in [1.54, 1.807) is 0 Å². The van der Waals surface area contributed by atoms with Crippen LogP contribution in [0.4, 0.5) is 0 Å². The second-order valence-electron chi connectivity index (χ2n) is 3.36. The molecule has 2 rings (SSSR count).